The average Bonchev–Trinajstić information content (AvgIpc) is 2.50. The van der Waals surface area contributed by atoms with Crippen molar-refractivity contribution in [2.24, 2.45) is 0 Å². The normalized spacial score (nSPS) is 12.5. The van der Waals surface area contributed by atoms with Crippen LogP contribution in [-0.2, 0) is 6.42 Å². The summed E-state index contributed by atoms with van der Waals surface area (Å²) in [7, 11) is 0. The Balaban J connectivity index is 1.97. The van der Waals surface area contributed by atoms with E-state index in [4.69, 9.17) is 0 Å². The van der Waals surface area contributed by atoms with E-state index in [1.807, 2.05) is 30.3 Å². The van der Waals surface area contributed by atoms with Crippen molar-refractivity contribution < 1.29 is 5.11 Å². The first-order valence-electron chi connectivity index (χ1n) is 7.23. The van der Waals surface area contributed by atoms with E-state index < -0.39 is 6.10 Å². The number of aryl methyl sites for hydroxylation is 2. The van der Waals surface area contributed by atoms with Gasteiger partial charge < -0.3 is 5.11 Å². The highest BCUT2D eigenvalue weighted by atomic mass is 16.3. The lowest BCUT2D eigenvalue weighted by Crippen LogP contribution is -2.04. The van der Waals surface area contributed by atoms with Crippen LogP contribution in [0.2, 0.25) is 0 Å². The van der Waals surface area contributed by atoms with Crippen molar-refractivity contribution >= 4 is 10.9 Å². The molecule has 1 N–H and O–H groups in total. The number of aromatic nitrogens is 1. The number of hydrogen-bond donors (Lipinski definition) is 1. The highest BCUT2D eigenvalue weighted by Gasteiger charge is 2.13. The van der Waals surface area contributed by atoms with Gasteiger partial charge in [0.1, 0.15) is 0 Å². The van der Waals surface area contributed by atoms with E-state index in [2.05, 4.69) is 37.0 Å². The molecule has 3 rings (SSSR count). The molecule has 3 aromatic rings. The summed E-state index contributed by atoms with van der Waals surface area (Å²) < 4.78 is 0. The SMILES string of the molecule is Cc1ccc(C)c(CC(O)c2ccnc3ccccc23)c1. The highest BCUT2D eigenvalue weighted by molar-refractivity contribution is 5.82. The Hall–Kier alpha value is -2.19. The van der Waals surface area contributed by atoms with Crippen LogP contribution in [-0.4, -0.2) is 10.1 Å². The molecule has 0 spiro atoms. The topological polar surface area (TPSA) is 33.1 Å². The Labute approximate surface area is 125 Å². The first-order valence-corrected chi connectivity index (χ1v) is 7.23. The molecule has 21 heavy (non-hydrogen) atoms. The predicted molar refractivity (Wildman–Crippen MR) is 86.3 cm³/mol. The molecular weight excluding hydrogens is 258 g/mol. The van der Waals surface area contributed by atoms with E-state index in [1.54, 1.807) is 6.20 Å². The van der Waals surface area contributed by atoms with E-state index in [0.717, 1.165) is 16.5 Å². The zero-order chi connectivity index (χ0) is 14.8. The van der Waals surface area contributed by atoms with Crippen molar-refractivity contribution in [3.63, 3.8) is 0 Å². The molecule has 1 unspecified atom stereocenters. The molecule has 106 valence electrons. The summed E-state index contributed by atoms with van der Waals surface area (Å²) in [5, 5.41) is 11.7. The van der Waals surface area contributed by atoms with Gasteiger partial charge in [-0.1, -0.05) is 42.0 Å². The van der Waals surface area contributed by atoms with Crippen molar-refractivity contribution in [2.45, 2.75) is 26.4 Å². The van der Waals surface area contributed by atoms with Crippen LogP contribution in [0.15, 0.2) is 54.7 Å². The summed E-state index contributed by atoms with van der Waals surface area (Å²) in [6, 6.07) is 16.2. The van der Waals surface area contributed by atoms with Gasteiger partial charge in [-0.25, -0.2) is 0 Å². The van der Waals surface area contributed by atoms with Gasteiger partial charge in [-0.3, -0.25) is 4.98 Å². The number of aliphatic hydroxyl groups excluding tert-OH is 1. The number of hydrogen-bond acceptors (Lipinski definition) is 2. The van der Waals surface area contributed by atoms with E-state index in [1.165, 1.54) is 16.7 Å². The van der Waals surface area contributed by atoms with Crippen molar-refractivity contribution in [3.8, 4) is 0 Å². The number of aliphatic hydroxyl groups is 1. The van der Waals surface area contributed by atoms with Gasteiger partial charge in [0.25, 0.3) is 0 Å². The maximum atomic E-state index is 10.7. The van der Waals surface area contributed by atoms with Gasteiger partial charge in [0.05, 0.1) is 11.6 Å². The summed E-state index contributed by atoms with van der Waals surface area (Å²) in [5.74, 6) is 0. The Morgan fingerprint density at radius 1 is 1.05 bits per heavy atom. The minimum Gasteiger partial charge on any atom is -0.388 e. The van der Waals surface area contributed by atoms with Crippen LogP contribution in [0.25, 0.3) is 10.9 Å². The van der Waals surface area contributed by atoms with Crippen molar-refractivity contribution in [1.82, 2.24) is 4.98 Å². The molecule has 0 aliphatic carbocycles. The lowest BCUT2D eigenvalue weighted by atomic mass is 9.95. The third-order valence-electron chi connectivity index (χ3n) is 3.96. The molecule has 2 heteroatoms. The maximum absolute atomic E-state index is 10.7. The molecule has 0 amide bonds. The maximum Gasteiger partial charge on any atom is 0.0837 e. The quantitative estimate of drug-likeness (QED) is 0.781. The standard InChI is InChI=1S/C19H19NO/c1-13-7-8-14(2)15(11-13)12-19(21)17-9-10-20-18-6-4-3-5-16(17)18/h3-11,19,21H,12H2,1-2H3. The zero-order valence-corrected chi connectivity index (χ0v) is 12.4. The largest absolute Gasteiger partial charge is 0.388 e. The fourth-order valence-corrected chi connectivity index (χ4v) is 2.75. The van der Waals surface area contributed by atoms with Crippen molar-refractivity contribution in [3.05, 3.63) is 77.0 Å². The van der Waals surface area contributed by atoms with E-state index in [9.17, 15) is 5.11 Å². The third-order valence-corrected chi connectivity index (χ3v) is 3.96. The fourth-order valence-electron chi connectivity index (χ4n) is 2.75. The first kappa shape index (κ1) is 13.8. The Kier molecular flexibility index (Phi) is 3.72. The molecule has 1 aromatic heterocycles. The Morgan fingerprint density at radius 2 is 1.86 bits per heavy atom. The molecule has 0 radical (unpaired) electrons. The number of nitrogens with zero attached hydrogens (tertiary/aromatic N) is 1. The second kappa shape index (κ2) is 5.66. The first-order chi connectivity index (χ1) is 10.1. The van der Waals surface area contributed by atoms with E-state index in [-0.39, 0.29) is 0 Å². The minimum absolute atomic E-state index is 0.515. The lowest BCUT2D eigenvalue weighted by molar-refractivity contribution is 0.179. The van der Waals surface area contributed by atoms with Crippen molar-refractivity contribution in [2.75, 3.05) is 0 Å². The molecular formula is C19H19NO. The predicted octanol–water partition coefficient (Wildman–Crippen LogP) is 4.13. The number of rotatable bonds is 3. The molecule has 0 aliphatic heterocycles. The summed E-state index contributed by atoms with van der Waals surface area (Å²) >= 11 is 0. The van der Waals surface area contributed by atoms with Gasteiger partial charge in [-0.15, -0.1) is 0 Å². The van der Waals surface area contributed by atoms with Gasteiger partial charge in [-0.05, 0) is 42.7 Å². The second-order valence-corrected chi connectivity index (χ2v) is 5.57. The minimum atomic E-state index is -0.515. The van der Waals surface area contributed by atoms with Crippen LogP contribution in [0.1, 0.15) is 28.4 Å². The smallest absolute Gasteiger partial charge is 0.0837 e. The number of fused-ring (bicyclic) bond motifs is 1. The van der Waals surface area contributed by atoms with Gasteiger partial charge in [-0.2, -0.15) is 0 Å². The summed E-state index contributed by atoms with van der Waals surface area (Å²) in [6.07, 6.45) is 1.88. The molecule has 1 atom stereocenters. The average molecular weight is 277 g/mol. The van der Waals surface area contributed by atoms with Crippen LogP contribution in [0.5, 0.6) is 0 Å². The van der Waals surface area contributed by atoms with Gasteiger partial charge in [0, 0.05) is 18.0 Å². The second-order valence-electron chi connectivity index (χ2n) is 5.57. The molecule has 0 fully saturated rings. The molecule has 2 nitrogen and oxygen atoms in total. The summed E-state index contributed by atoms with van der Waals surface area (Å²) in [4.78, 5) is 4.35. The third kappa shape index (κ3) is 2.81. The van der Waals surface area contributed by atoms with E-state index in [0.29, 0.717) is 6.42 Å². The number of benzene rings is 2. The van der Waals surface area contributed by atoms with Crippen LogP contribution in [0.4, 0.5) is 0 Å². The summed E-state index contributed by atoms with van der Waals surface area (Å²) in [5.41, 5.74) is 5.51. The molecule has 1 heterocycles. The summed E-state index contributed by atoms with van der Waals surface area (Å²) in [6.45, 7) is 4.17. The Bertz CT molecular complexity index is 774. The molecule has 0 saturated carbocycles. The molecule has 0 aliphatic rings. The monoisotopic (exact) mass is 277 g/mol. The van der Waals surface area contributed by atoms with Gasteiger partial charge >= 0.3 is 0 Å². The number of para-hydroxylation sites is 1. The highest BCUT2D eigenvalue weighted by Crippen LogP contribution is 2.26. The molecule has 0 saturated heterocycles. The molecule has 0 bridgehead atoms. The fraction of sp³-hybridized carbons (Fsp3) is 0.211. The van der Waals surface area contributed by atoms with Crippen LogP contribution < -0.4 is 0 Å². The zero-order valence-electron chi connectivity index (χ0n) is 12.4. The Morgan fingerprint density at radius 3 is 2.71 bits per heavy atom. The number of pyridine rings is 1. The van der Waals surface area contributed by atoms with Crippen molar-refractivity contribution in [1.29, 1.82) is 0 Å². The van der Waals surface area contributed by atoms with Crippen LogP contribution >= 0.6 is 0 Å². The van der Waals surface area contributed by atoms with Crippen LogP contribution in [0, 0.1) is 13.8 Å². The van der Waals surface area contributed by atoms with Gasteiger partial charge in [0.15, 0.2) is 0 Å². The molecule has 2 aromatic carbocycles. The van der Waals surface area contributed by atoms with Gasteiger partial charge in [0.2, 0.25) is 0 Å². The van der Waals surface area contributed by atoms with Crippen LogP contribution in [0.3, 0.4) is 0 Å². The lowest BCUT2D eigenvalue weighted by Gasteiger charge is -2.15. The van der Waals surface area contributed by atoms with E-state index >= 15 is 0 Å².